The Balaban J connectivity index is 0.851. The van der Waals surface area contributed by atoms with E-state index in [1.54, 1.807) is 0 Å². The van der Waals surface area contributed by atoms with E-state index in [0.717, 1.165) is 34.1 Å². The van der Waals surface area contributed by atoms with Crippen LogP contribution in [0.2, 0.25) is 0 Å². The lowest BCUT2D eigenvalue weighted by atomic mass is 9.67. The fraction of sp³-hybridized carbons (Fsp3) is 0.122. The van der Waals surface area contributed by atoms with Crippen LogP contribution in [0.15, 0.2) is 249 Å². The van der Waals surface area contributed by atoms with Gasteiger partial charge >= 0.3 is 0 Å². The quantitative estimate of drug-likeness (QED) is 0.153. The summed E-state index contributed by atoms with van der Waals surface area (Å²) in [7, 11) is 0. The Morgan fingerprint density at radius 1 is 0.238 bits per heavy atom. The minimum Gasteiger partial charge on any atom is -0.310 e. The van der Waals surface area contributed by atoms with E-state index in [9.17, 15) is 0 Å². The first-order valence-corrected chi connectivity index (χ1v) is 29.9. The second-order valence-corrected chi connectivity index (χ2v) is 25.7. The van der Waals surface area contributed by atoms with Crippen molar-refractivity contribution in [3.05, 3.63) is 288 Å². The highest BCUT2D eigenvalue weighted by atomic mass is 15.1. The van der Waals surface area contributed by atoms with Crippen LogP contribution in [0.3, 0.4) is 0 Å². The number of rotatable bonds is 6. The monoisotopic (exact) mass is 1070 g/mol. The molecule has 2 heteroatoms. The SMILES string of the molecule is Cc1c2c3c(cccc3c3cc(N(c4ccc5c(c4)C(C)(C)c4ccccc4-5)c4ccc5ccc6ccccc6c5c4)ccc13)C(C)(C)c1cc(N(c3ccc4c(c3)C(C)(C)c3ccccc3-4)c3ccc4ccc5ccccc5c4c3)ccc1-2. The Labute approximate surface area is 491 Å². The molecule has 84 heavy (non-hydrogen) atoms. The van der Waals surface area contributed by atoms with Crippen LogP contribution in [-0.2, 0) is 16.2 Å². The Morgan fingerprint density at radius 2 is 0.583 bits per heavy atom. The largest absolute Gasteiger partial charge is 0.310 e. The zero-order valence-corrected chi connectivity index (χ0v) is 48.6. The molecule has 0 heterocycles. The average Bonchev–Trinajstić information content (AvgIpc) is 1.32. The first kappa shape index (κ1) is 48.9. The number of hydrogen-bond donors (Lipinski definition) is 0. The molecule has 0 N–H and O–H groups in total. The highest BCUT2D eigenvalue weighted by Crippen LogP contribution is 2.57. The van der Waals surface area contributed by atoms with Gasteiger partial charge in [0.25, 0.3) is 0 Å². The summed E-state index contributed by atoms with van der Waals surface area (Å²) < 4.78 is 0. The topological polar surface area (TPSA) is 6.48 Å². The van der Waals surface area contributed by atoms with E-state index in [1.165, 1.54) is 137 Å². The predicted molar refractivity (Wildman–Crippen MR) is 358 cm³/mol. The molecule has 0 saturated carbocycles. The number of benzene rings is 14. The molecule has 0 aromatic heterocycles. The summed E-state index contributed by atoms with van der Waals surface area (Å²) in [5.41, 5.74) is 23.7. The Morgan fingerprint density at radius 3 is 1.11 bits per heavy atom. The van der Waals surface area contributed by atoms with Gasteiger partial charge in [-0.25, -0.2) is 0 Å². The van der Waals surface area contributed by atoms with Crippen LogP contribution in [0.1, 0.15) is 80.5 Å². The van der Waals surface area contributed by atoms with Crippen LogP contribution in [0, 0.1) is 6.92 Å². The molecule has 0 bridgehead atoms. The Hall–Kier alpha value is -9.76. The van der Waals surface area contributed by atoms with E-state index in [0.29, 0.717) is 0 Å². The van der Waals surface area contributed by atoms with Gasteiger partial charge in [-0.1, -0.05) is 217 Å². The van der Waals surface area contributed by atoms with Crippen molar-refractivity contribution in [1.82, 2.24) is 0 Å². The van der Waals surface area contributed by atoms with Gasteiger partial charge in [0.05, 0.1) is 0 Å². The lowest BCUT2D eigenvalue weighted by Crippen LogP contribution is -2.25. The molecule has 3 aliphatic carbocycles. The van der Waals surface area contributed by atoms with E-state index in [1.807, 2.05) is 0 Å². The normalized spacial score (nSPS) is 14.7. The van der Waals surface area contributed by atoms with E-state index >= 15 is 0 Å². The smallest absolute Gasteiger partial charge is 0.0468 e. The maximum Gasteiger partial charge on any atom is 0.0468 e. The molecule has 400 valence electrons. The van der Waals surface area contributed by atoms with Crippen LogP contribution in [-0.4, -0.2) is 0 Å². The molecule has 0 amide bonds. The standard InChI is InChI=1S/C82H62N2/c1-49-60-39-35-56(83(54-33-31-52-29-27-50-17-8-10-19-61(50)69(52)43-54)57-36-40-65-63-21-12-14-24-72(63)80(2,3)75(65)46-57)45-71(60)67-23-16-26-74-79(67)78(49)68-42-38-59(48-77(68)82(74,6)7)84(55-34-32-53-30-28-51-18-9-11-20-62(51)70(53)44-55)58-37-41-66-64-22-13-15-25-73(64)81(4,5)76(66)47-58/h8-48H,1-7H3. The fourth-order valence-corrected chi connectivity index (χ4v) is 15.8. The molecule has 0 atom stereocenters. The molecule has 0 unspecified atom stereocenters. The van der Waals surface area contributed by atoms with Crippen molar-refractivity contribution < 1.29 is 0 Å². The third-order valence-electron chi connectivity index (χ3n) is 20.1. The molecule has 14 aromatic carbocycles. The Bertz CT molecular complexity index is 5210. The molecular weight excluding hydrogens is 1010 g/mol. The van der Waals surface area contributed by atoms with Gasteiger partial charge in [0.15, 0.2) is 0 Å². The van der Waals surface area contributed by atoms with Crippen molar-refractivity contribution in [2.24, 2.45) is 0 Å². The molecular formula is C82H62N2. The van der Waals surface area contributed by atoms with Gasteiger partial charge in [0.2, 0.25) is 0 Å². The van der Waals surface area contributed by atoms with Gasteiger partial charge in [-0.3, -0.25) is 0 Å². The zero-order chi connectivity index (χ0) is 56.5. The van der Waals surface area contributed by atoms with Crippen LogP contribution in [0.5, 0.6) is 0 Å². The minimum absolute atomic E-state index is 0.148. The molecule has 0 spiro atoms. The number of hydrogen-bond acceptors (Lipinski definition) is 2. The van der Waals surface area contributed by atoms with Crippen LogP contribution in [0.25, 0.3) is 98.0 Å². The third kappa shape index (κ3) is 6.80. The van der Waals surface area contributed by atoms with Crippen LogP contribution >= 0.6 is 0 Å². The highest BCUT2D eigenvalue weighted by molar-refractivity contribution is 6.20. The molecule has 0 saturated heterocycles. The van der Waals surface area contributed by atoms with E-state index < -0.39 is 0 Å². The predicted octanol–water partition coefficient (Wildman–Crippen LogP) is 22.8. The van der Waals surface area contributed by atoms with Crippen molar-refractivity contribution in [2.45, 2.75) is 64.7 Å². The first-order valence-electron chi connectivity index (χ1n) is 29.9. The van der Waals surface area contributed by atoms with E-state index in [4.69, 9.17) is 0 Å². The van der Waals surface area contributed by atoms with Gasteiger partial charge in [-0.2, -0.15) is 0 Å². The molecule has 3 aliphatic rings. The summed E-state index contributed by atoms with van der Waals surface area (Å²) in [4.78, 5) is 5.03. The summed E-state index contributed by atoms with van der Waals surface area (Å²) >= 11 is 0. The second kappa shape index (κ2) is 17.4. The highest BCUT2D eigenvalue weighted by Gasteiger charge is 2.39. The van der Waals surface area contributed by atoms with E-state index in [2.05, 4.69) is 307 Å². The second-order valence-electron chi connectivity index (χ2n) is 25.7. The number of fused-ring (bicyclic) bond motifs is 16. The lowest BCUT2D eigenvalue weighted by Gasteiger charge is -2.38. The maximum atomic E-state index is 2.52. The third-order valence-corrected chi connectivity index (χ3v) is 20.1. The van der Waals surface area contributed by atoms with Gasteiger partial charge in [-0.05, 0) is 217 Å². The number of nitrogens with zero attached hydrogens (tertiary/aromatic N) is 2. The Kier molecular flexibility index (Phi) is 10.1. The molecule has 0 aliphatic heterocycles. The number of anilines is 6. The lowest BCUT2D eigenvalue weighted by molar-refractivity contribution is 0.645. The van der Waals surface area contributed by atoms with Crippen LogP contribution in [0.4, 0.5) is 34.1 Å². The zero-order valence-electron chi connectivity index (χ0n) is 48.6. The van der Waals surface area contributed by atoms with Crippen molar-refractivity contribution in [2.75, 3.05) is 9.80 Å². The fourth-order valence-electron chi connectivity index (χ4n) is 15.8. The molecule has 0 fully saturated rings. The summed E-state index contributed by atoms with van der Waals surface area (Å²) in [6, 6.07) is 94.7. The summed E-state index contributed by atoms with van der Waals surface area (Å²) in [6.07, 6.45) is 0. The van der Waals surface area contributed by atoms with Gasteiger partial charge in [-0.15, -0.1) is 0 Å². The average molecular weight is 1080 g/mol. The van der Waals surface area contributed by atoms with Gasteiger partial charge < -0.3 is 9.80 Å². The molecule has 2 nitrogen and oxygen atoms in total. The molecule has 0 radical (unpaired) electrons. The van der Waals surface area contributed by atoms with Crippen molar-refractivity contribution >= 4 is 98.8 Å². The summed E-state index contributed by atoms with van der Waals surface area (Å²) in [5.74, 6) is 0. The molecule has 17 rings (SSSR count). The van der Waals surface area contributed by atoms with Gasteiger partial charge in [0.1, 0.15) is 0 Å². The van der Waals surface area contributed by atoms with Crippen molar-refractivity contribution in [1.29, 1.82) is 0 Å². The van der Waals surface area contributed by atoms with Crippen molar-refractivity contribution in [3.8, 4) is 33.4 Å². The summed E-state index contributed by atoms with van der Waals surface area (Å²) in [5, 5.41) is 15.2. The molecule has 14 aromatic rings. The first-order chi connectivity index (χ1) is 40.8. The van der Waals surface area contributed by atoms with Crippen LogP contribution < -0.4 is 9.80 Å². The maximum absolute atomic E-state index is 2.52. The van der Waals surface area contributed by atoms with E-state index in [-0.39, 0.29) is 16.2 Å². The van der Waals surface area contributed by atoms with Gasteiger partial charge in [0, 0.05) is 50.4 Å². The number of aryl methyl sites for hydroxylation is 1. The summed E-state index contributed by atoms with van der Waals surface area (Å²) in [6.45, 7) is 16.8. The van der Waals surface area contributed by atoms with Crippen molar-refractivity contribution in [3.63, 3.8) is 0 Å². The minimum atomic E-state index is -0.336.